The normalized spacial score (nSPS) is 11.0. The number of methoxy groups -OCH3 is 1. The van der Waals surface area contributed by atoms with Gasteiger partial charge in [0.25, 0.3) is 0 Å². The molecule has 1 aromatic heterocycles. The first-order valence-corrected chi connectivity index (χ1v) is 9.87. The third-order valence-electron chi connectivity index (χ3n) is 4.13. The van der Waals surface area contributed by atoms with Crippen LogP contribution in [0.5, 0.6) is 5.75 Å². The molecule has 0 radical (unpaired) electrons. The summed E-state index contributed by atoms with van der Waals surface area (Å²) in [5.41, 5.74) is 1.95. The van der Waals surface area contributed by atoms with E-state index in [1.54, 1.807) is 7.11 Å². The van der Waals surface area contributed by atoms with Crippen LogP contribution >= 0.6 is 0 Å². The minimum absolute atomic E-state index is 0.846. The lowest BCUT2D eigenvalue weighted by Crippen LogP contribution is -2.68. The quantitative estimate of drug-likeness (QED) is 0.521. The standard InChI is InChI=1S/C20H22NO2.ClHO4/c1-4-21(5-2)18-14-20(15-10-12-16(22-3)13-11-15)23-19-9-7-6-8-17(18)19;2-1(3,4)5/h6-14H,4-5H2,1-3H3;(H,2,3,4,5)/q+1;/p-1. The van der Waals surface area contributed by atoms with Crippen LogP contribution in [0.15, 0.2) is 59.0 Å². The molecular formula is C20H22ClNO6. The Balaban J connectivity index is 0.000000500. The number of fused-ring (bicyclic) bond motifs is 1. The molecule has 150 valence electrons. The number of rotatable bonds is 4. The maximum atomic E-state index is 8.49. The highest BCUT2D eigenvalue weighted by Crippen LogP contribution is 2.24. The fourth-order valence-electron chi connectivity index (χ4n) is 2.84. The Morgan fingerprint density at radius 3 is 2.04 bits per heavy atom. The lowest BCUT2D eigenvalue weighted by atomic mass is 10.1. The molecule has 3 rings (SSSR count). The number of halogens is 1. The van der Waals surface area contributed by atoms with Gasteiger partial charge in [-0.2, -0.15) is 0 Å². The third kappa shape index (κ3) is 6.05. The molecule has 0 atom stereocenters. The van der Waals surface area contributed by atoms with Crippen molar-refractivity contribution >= 4 is 11.0 Å². The predicted octanol–water partition coefficient (Wildman–Crippen LogP) is -0.836. The molecule has 0 bridgehead atoms. The highest BCUT2D eigenvalue weighted by molar-refractivity contribution is 5.78. The fraction of sp³-hybridized carbons (Fsp3) is 0.250. The Hall–Kier alpha value is -2.42. The fourth-order valence-corrected chi connectivity index (χ4v) is 2.84. The summed E-state index contributed by atoms with van der Waals surface area (Å²) in [7, 11) is -3.27. The zero-order valence-corrected chi connectivity index (χ0v) is 16.6. The zero-order valence-electron chi connectivity index (χ0n) is 15.9. The highest BCUT2D eigenvalue weighted by Gasteiger charge is 2.11. The molecule has 0 unspecified atom stereocenters. The summed E-state index contributed by atoms with van der Waals surface area (Å²) in [6.45, 7) is 6.28. The van der Waals surface area contributed by atoms with Gasteiger partial charge in [-0.1, -0.05) is 12.1 Å². The van der Waals surface area contributed by atoms with Gasteiger partial charge in [0.1, 0.15) is 30.2 Å². The maximum Gasteiger partial charge on any atom is 0.214 e. The van der Waals surface area contributed by atoms with E-state index in [-0.39, 0.29) is 0 Å². The topological polar surface area (TPSA) is 118 Å². The smallest absolute Gasteiger partial charge is 0.214 e. The summed E-state index contributed by atoms with van der Waals surface area (Å²) in [4.78, 5) is 0. The Morgan fingerprint density at radius 2 is 1.50 bits per heavy atom. The average Bonchev–Trinajstić information content (AvgIpc) is 2.67. The number of ether oxygens (including phenoxy) is 1. The van der Waals surface area contributed by atoms with Gasteiger partial charge in [-0.15, -0.1) is 10.2 Å². The monoisotopic (exact) mass is 407 g/mol. The third-order valence-corrected chi connectivity index (χ3v) is 4.13. The maximum absolute atomic E-state index is 8.49. The van der Waals surface area contributed by atoms with E-state index >= 15 is 0 Å². The summed E-state index contributed by atoms with van der Waals surface area (Å²) in [6, 6.07) is 18.3. The molecule has 0 spiro atoms. The van der Waals surface area contributed by atoms with Gasteiger partial charge in [0.2, 0.25) is 5.36 Å². The molecule has 0 aliphatic rings. The Labute approximate surface area is 165 Å². The van der Waals surface area contributed by atoms with Crippen LogP contribution in [0.4, 0.5) is 0 Å². The van der Waals surface area contributed by atoms with Crippen LogP contribution in [-0.2, 0) is 0 Å². The molecular weight excluding hydrogens is 386 g/mol. The van der Waals surface area contributed by atoms with Gasteiger partial charge in [-0.05, 0) is 50.2 Å². The van der Waals surface area contributed by atoms with Crippen molar-refractivity contribution in [1.82, 2.24) is 4.58 Å². The first kappa shape index (κ1) is 21.9. The molecule has 0 N–H and O–H groups in total. The van der Waals surface area contributed by atoms with Crippen molar-refractivity contribution in [3.8, 4) is 17.1 Å². The second kappa shape index (κ2) is 9.68. The van der Waals surface area contributed by atoms with Gasteiger partial charge in [0, 0.05) is 5.56 Å². The molecule has 8 heteroatoms. The number of hydrogen-bond donors (Lipinski definition) is 0. The molecule has 0 aliphatic carbocycles. The number of nitrogens with zero attached hydrogens (tertiary/aromatic N) is 1. The van der Waals surface area contributed by atoms with E-state index in [2.05, 4.69) is 36.6 Å². The molecule has 0 saturated heterocycles. The molecule has 1 heterocycles. The Morgan fingerprint density at radius 1 is 0.929 bits per heavy atom. The van der Waals surface area contributed by atoms with Crippen molar-refractivity contribution < 1.29 is 38.0 Å². The zero-order chi connectivity index (χ0) is 20.7. The summed E-state index contributed by atoms with van der Waals surface area (Å²) >= 11 is 0. The van der Waals surface area contributed by atoms with Crippen molar-refractivity contribution in [2.45, 2.75) is 13.8 Å². The van der Waals surface area contributed by atoms with Crippen molar-refractivity contribution in [3.63, 3.8) is 0 Å². The molecule has 2 aromatic carbocycles. The van der Waals surface area contributed by atoms with E-state index in [4.69, 9.17) is 27.8 Å². The first-order chi connectivity index (χ1) is 13.3. The molecule has 0 saturated carbocycles. The second-order valence-corrected chi connectivity index (χ2v) is 6.53. The first-order valence-electron chi connectivity index (χ1n) is 8.63. The second-order valence-electron chi connectivity index (χ2n) is 5.77. The number of para-hydroxylation sites is 1. The molecule has 7 nitrogen and oxygen atoms in total. The van der Waals surface area contributed by atoms with Gasteiger partial charge in [-0.25, -0.2) is 23.2 Å². The van der Waals surface area contributed by atoms with Crippen LogP contribution < -0.4 is 33.3 Å². The van der Waals surface area contributed by atoms with Crippen molar-refractivity contribution in [2.75, 3.05) is 20.2 Å². The van der Waals surface area contributed by atoms with E-state index in [0.717, 1.165) is 41.1 Å². The number of benzene rings is 2. The largest absolute Gasteiger partial charge is 0.497 e. The van der Waals surface area contributed by atoms with Crippen LogP contribution in [0, 0.1) is 10.2 Å². The Kier molecular flexibility index (Phi) is 7.56. The minimum Gasteiger partial charge on any atom is -0.497 e. The van der Waals surface area contributed by atoms with Crippen molar-refractivity contribution in [3.05, 3.63) is 60.0 Å². The van der Waals surface area contributed by atoms with Gasteiger partial charge in [-0.3, -0.25) is 0 Å². The van der Waals surface area contributed by atoms with E-state index in [1.165, 1.54) is 5.36 Å². The van der Waals surface area contributed by atoms with Crippen LogP contribution in [0.3, 0.4) is 0 Å². The summed E-state index contributed by atoms with van der Waals surface area (Å²) < 4.78 is 47.7. The summed E-state index contributed by atoms with van der Waals surface area (Å²) in [5, 5.41) is 2.36. The SMILES string of the molecule is CC[N+](CC)=c1cc(-c2ccc(OC)cc2)oc2ccccc12.[O-][Cl+3]([O-])([O-])[O-]. The van der Waals surface area contributed by atoms with Crippen LogP contribution in [0.1, 0.15) is 13.8 Å². The molecule has 28 heavy (non-hydrogen) atoms. The van der Waals surface area contributed by atoms with Gasteiger partial charge in [0.15, 0.2) is 0 Å². The van der Waals surface area contributed by atoms with Crippen molar-refractivity contribution in [2.24, 2.45) is 0 Å². The molecule has 0 aliphatic heterocycles. The van der Waals surface area contributed by atoms with E-state index < -0.39 is 10.2 Å². The van der Waals surface area contributed by atoms with Crippen LogP contribution in [-0.4, -0.2) is 20.2 Å². The van der Waals surface area contributed by atoms with E-state index in [9.17, 15) is 0 Å². The van der Waals surface area contributed by atoms with E-state index in [1.807, 2.05) is 36.4 Å². The summed E-state index contributed by atoms with van der Waals surface area (Å²) in [5.74, 6) is 1.71. The van der Waals surface area contributed by atoms with Crippen LogP contribution in [0.25, 0.3) is 22.3 Å². The molecule has 0 fully saturated rings. The number of hydrogen-bond acceptors (Lipinski definition) is 6. The van der Waals surface area contributed by atoms with Crippen LogP contribution in [0.2, 0.25) is 0 Å². The van der Waals surface area contributed by atoms with E-state index in [0.29, 0.717) is 0 Å². The van der Waals surface area contributed by atoms with Gasteiger partial charge >= 0.3 is 0 Å². The minimum atomic E-state index is -4.94. The summed E-state index contributed by atoms with van der Waals surface area (Å²) in [6.07, 6.45) is 0. The average molecular weight is 408 g/mol. The van der Waals surface area contributed by atoms with Gasteiger partial charge < -0.3 is 9.15 Å². The highest BCUT2D eigenvalue weighted by atomic mass is 35.7. The molecule has 0 amide bonds. The lowest BCUT2D eigenvalue weighted by Gasteiger charge is -2.17. The predicted molar refractivity (Wildman–Crippen MR) is 94.6 cm³/mol. The molecule has 3 aromatic rings. The Bertz CT molecular complexity index is 964. The van der Waals surface area contributed by atoms with Gasteiger partial charge in [0.05, 0.1) is 18.6 Å². The van der Waals surface area contributed by atoms with Crippen molar-refractivity contribution in [1.29, 1.82) is 0 Å². The lowest BCUT2D eigenvalue weighted by molar-refractivity contribution is -2.00.